The number of nitrogens with zero attached hydrogens (tertiary/aromatic N) is 2. The highest BCUT2D eigenvalue weighted by atomic mass is 32.2. The predicted octanol–water partition coefficient (Wildman–Crippen LogP) is 3.72. The Labute approximate surface area is 186 Å². The van der Waals surface area contributed by atoms with Crippen LogP contribution in [-0.4, -0.2) is 29.6 Å². The number of fused-ring (bicyclic) bond motifs is 1. The first-order chi connectivity index (χ1) is 15.0. The van der Waals surface area contributed by atoms with Crippen molar-refractivity contribution in [3.63, 3.8) is 0 Å². The number of hydrogen-bond acceptors (Lipinski definition) is 6. The molecule has 0 bridgehead atoms. The summed E-state index contributed by atoms with van der Waals surface area (Å²) in [4.78, 5) is 13.0. The number of nitrogens with one attached hydrogen (secondary N) is 2. The minimum Gasteiger partial charge on any atom is -0.354 e. The van der Waals surface area contributed by atoms with Gasteiger partial charge in [-0.25, -0.2) is 8.42 Å². The first-order valence-electron chi connectivity index (χ1n) is 10.3. The van der Waals surface area contributed by atoms with Crippen molar-refractivity contribution in [3.8, 4) is 0 Å². The predicted molar refractivity (Wildman–Crippen MR) is 121 cm³/mol. The zero-order chi connectivity index (χ0) is 21.7. The normalized spacial score (nSPS) is 15.4. The van der Waals surface area contributed by atoms with E-state index in [0.29, 0.717) is 23.1 Å². The molecular weight excluding hydrogens is 432 g/mol. The summed E-state index contributed by atoms with van der Waals surface area (Å²) in [6.45, 7) is 0.474. The molecule has 9 heteroatoms. The second-order valence-electron chi connectivity index (χ2n) is 7.50. The van der Waals surface area contributed by atoms with Gasteiger partial charge in [-0.05, 0) is 49.8 Å². The van der Waals surface area contributed by atoms with Crippen LogP contribution in [-0.2, 0) is 14.8 Å². The summed E-state index contributed by atoms with van der Waals surface area (Å²) in [5.74, 6) is -0.380. The summed E-state index contributed by atoms with van der Waals surface area (Å²) >= 11 is 0.952. The van der Waals surface area contributed by atoms with Crippen LogP contribution >= 0.6 is 11.7 Å². The van der Waals surface area contributed by atoms with Crippen molar-refractivity contribution in [3.05, 3.63) is 65.7 Å². The Kier molecular flexibility index (Phi) is 6.74. The minimum atomic E-state index is -4.01. The van der Waals surface area contributed by atoms with Gasteiger partial charge in [0.25, 0.3) is 0 Å². The number of aromatic nitrogens is 2. The van der Waals surface area contributed by atoms with Crippen LogP contribution < -0.4 is 10.0 Å². The first kappa shape index (κ1) is 21.6. The number of carbonyl (C=O) groups excluding carboxylic acids is 1. The number of sulfonamides is 1. The van der Waals surface area contributed by atoms with Crippen molar-refractivity contribution in [1.29, 1.82) is 0 Å². The molecular formula is C22H24N4O3S2. The molecule has 0 spiro atoms. The Balaban J connectivity index is 1.54. The van der Waals surface area contributed by atoms with Crippen LogP contribution in [0.4, 0.5) is 0 Å². The minimum absolute atomic E-state index is 0.0137. The van der Waals surface area contributed by atoms with Gasteiger partial charge in [-0.3, -0.25) is 4.79 Å². The van der Waals surface area contributed by atoms with E-state index in [0.717, 1.165) is 31.0 Å². The SMILES string of the molecule is O=C(NCCC1=CCCCC1)C(NS(=O)(=O)c1cccc2nsnc12)c1ccccc1. The van der Waals surface area contributed by atoms with Crippen LogP contribution in [0.1, 0.15) is 43.7 Å². The van der Waals surface area contributed by atoms with Gasteiger partial charge in [0.05, 0.1) is 11.7 Å². The van der Waals surface area contributed by atoms with E-state index in [1.54, 1.807) is 36.4 Å². The molecule has 162 valence electrons. The number of amides is 1. The van der Waals surface area contributed by atoms with E-state index in [-0.39, 0.29) is 10.8 Å². The van der Waals surface area contributed by atoms with Gasteiger partial charge in [-0.15, -0.1) is 0 Å². The molecule has 1 aliphatic rings. The summed E-state index contributed by atoms with van der Waals surface area (Å²) in [6, 6.07) is 12.6. The number of benzene rings is 2. The highest BCUT2D eigenvalue weighted by Crippen LogP contribution is 2.24. The van der Waals surface area contributed by atoms with Crippen LogP contribution in [0.3, 0.4) is 0 Å². The van der Waals surface area contributed by atoms with Crippen LogP contribution in [0.5, 0.6) is 0 Å². The maximum absolute atomic E-state index is 13.2. The van der Waals surface area contributed by atoms with E-state index in [4.69, 9.17) is 0 Å². The summed E-state index contributed by atoms with van der Waals surface area (Å²) in [6.07, 6.45) is 7.58. The standard InChI is InChI=1S/C22H24N4O3S2/c27-22(23-15-14-16-8-3-1-4-9-16)20(17-10-5-2-6-11-17)26-31(28,29)19-13-7-12-18-21(19)25-30-24-18/h2,5-8,10-13,20,26H,1,3-4,9,14-15H2,(H,23,27). The van der Waals surface area contributed by atoms with Crippen LogP contribution in [0.25, 0.3) is 11.0 Å². The Morgan fingerprint density at radius 1 is 1.06 bits per heavy atom. The fourth-order valence-electron chi connectivity index (χ4n) is 3.72. The molecule has 0 aliphatic heterocycles. The van der Waals surface area contributed by atoms with Crippen LogP contribution in [0.15, 0.2) is 65.1 Å². The number of allylic oxidation sites excluding steroid dienone is 1. The molecule has 0 saturated heterocycles. The summed E-state index contributed by atoms with van der Waals surface area (Å²) in [7, 11) is -4.01. The van der Waals surface area contributed by atoms with Crippen LogP contribution in [0, 0.1) is 0 Å². The Morgan fingerprint density at radius 3 is 2.68 bits per heavy atom. The molecule has 7 nitrogen and oxygen atoms in total. The quantitative estimate of drug-likeness (QED) is 0.503. The van der Waals surface area contributed by atoms with Crippen LogP contribution in [0.2, 0.25) is 0 Å². The maximum Gasteiger partial charge on any atom is 0.243 e. The summed E-state index contributed by atoms with van der Waals surface area (Å²) < 4.78 is 37.2. The molecule has 2 aromatic carbocycles. The zero-order valence-corrected chi connectivity index (χ0v) is 18.6. The van der Waals surface area contributed by atoms with Crippen molar-refractivity contribution >= 4 is 38.7 Å². The fraction of sp³-hybridized carbons (Fsp3) is 0.318. The summed E-state index contributed by atoms with van der Waals surface area (Å²) in [5.41, 5.74) is 2.74. The van der Waals surface area contributed by atoms with Crippen molar-refractivity contribution in [1.82, 2.24) is 18.8 Å². The molecule has 2 N–H and O–H groups in total. The average molecular weight is 457 g/mol. The molecule has 1 aromatic heterocycles. The third-order valence-electron chi connectivity index (χ3n) is 5.34. The third kappa shape index (κ3) is 5.17. The lowest BCUT2D eigenvalue weighted by molar-refractivity contribution is -0.122. The van der Waals surface area contributed by atoms with Gasteiger partial charge in [0.1, 0.15) is 22.0 Å². The van der Waals surface area contributed by atoms with E-state index in [1.165, 1.54) is 24.5 Å². The lowest BCUT2D eigenvalue weighted by Crippen LogP contribution is -2.40. The Hall–Kier alpha value is -2.62. The third-order valence-corrected chi connectivity index (χ3v) is 7.33. The topological polar surface area (TPSA) is 101 Å². The van der Waals surface area contributed by atoms with Gasteiger partial charge in [0.2, 0.25) is 15.9 Å². The Morgan fingerprint density at radius 2 is 1.90 bits per heavy atom. The first-order valence-corrected chi connectivity index (χ1v) is 12.5. The van der Waals surface area contributed by atoms with Crippen molar-refractivity contribution in [2.45, 2.75) is 43.0 Å². The van der Waals surface area contributed by atoms with Crippen molar-refractivity contribution in [2.75, 3.05) is 6.54 Å². The number of hydrogen-bond donors (Lipinski definition) is 2. The maximum atomic E-state index is 13.2. The van der Waals surface area contributed by atoms with E-state index < -0.39 is 16.1 Å². The van der Waals surface area contributed by atoms with Gasteiger partial charge < -0.3 is 5.32 Å². The highest BCUT2D eigenvalue weighted by Gasteiger charge is 2.29. The van der Waals surface area contributed by atoms with Crippen molar-refractivity contribution < 1.29 is 13.2 Å². The van der Waals surface area contributed by atoms with Gasteiger partial charge in [-0.2, -0.15) is 13.5 Å². The smallest absolute Gasteiger partial charge is 0.243 e. The second kappa shape index (κ2) is 9.67. The Bertz CT molecular complexity index is 1190. The number of carbonyl (C=O) groups is 1. The fourth-order valence-corrected chi connectivity index (χ4v) is 5.67. The largest absolute Gasteiger partial charge is 0.354 e. The summed E-state index contributed by atoms with van der Waals surface area (Å²) in [5, 5.41) is 2.90. The second-order valence-corrected chi connectivity index (χ2v) is 9.71. The molecule has 0 fully saturated rings. The zero-order valence-electron chi connectivity index (χ0n) is 17.0. The average Bonchev–Trinajstić information content (AvgIpc) is 3.27. The van der Waals surface area contributed by atoms with Gasteiger partial charge in [0, 0.05) is 6.54 Å². The molecule has 1 aliphatic carbocycles. The highest BCUT2D eigenvalue weighted by molar-refractivity contribution is 7.89. The molecule has 1 heterocycles. The number of rotatable bonds is 8. The molecule has 31 heavy (non-hydrogen) atoms. The van der Waals surface area contributed by atoms with Gasteiger partial charge >= 0.3 is 0 Å². The molecule has 0 saturated carbocycles. The van der Waals surface area contributed by atoms with Gasteiger partial charge in [0.15, 0.2) is 0 Å². The van der Waals surface area contributed by atoms with E-state index in [2.05, 4.69) is 24.9 Å². The molecule has 3 aromatic rings. The van der Waals surface area contributed by atoms with Crippen molar-refractivity contribution in [2.24, 2.45) is 0 Å². The monoisotopic (exact) mass is 456 g/mol. The molecule has 0 radical (unpaired) electrons. The molecule has 4 rings (SSSR count). The van der Waals surface area contributed by atoms with Gasteiger partial charge in [-0.1, -0.05) is 48.0 Å². The molecule has 1 unspecified atom stereocenters. The molecule has 1 atom stereocenters. The van der Waals surface area contributed by atoms with E-state index >= 15 is 0 Å². The molecule has 1 amide bonds. The lowest BCUT2D eigenvalue weighted by atomic mass is 9.97. The lowest BCUT2D eigenvalue weighted by Gasteiger charge is -2.20. The van der Waals surface area contributed by atoms with E-state index in [9.17, 15) is 13.2 Å². The van der Waals surface area contributed by atoms with E-state index in [1.807, 2.05) is 6.07 Å².